The lowest BCUT2D eigenvalue weighted by Gasteiger charge is -2.32. The molecule has 0 spiro atoms. The molecular weight excluding hydrogens is 285 g/mol. The summed E-state index contributed by atoms with van der Waals surface area (Å²) in [7, 11) is 0. The zero-order valence-corrected chi connectivity index (χ0v) is 11.6. The number of nitrogens with two attached hydrogens (primary N) is 1. The molecule has 1 aromatic carbocycles. The second-order valence-electron chi connectivity index (χ2n) is 5.10. The summed E-state index contributed by atoms with van der Waals surface area (Å²) in [5.41, 5.74) is 6.39. The van der Waals surface area contributed by atoms with E-state index in [0.717, 1.165) is 31.7 Å². The van der Waals surface area contributed by atoms with Crippen molar-refractivity contribution in [3.63, 3.8) is 0 Å². The molecule has 1 fully saturated rings. The van der Waals surface area contributed by atoms with Gasteiger partial charge in [0.25, 0.3) is 0 Å². The SMILES string of the molecule is Nc1cc(F)c(OC(F)F)cc1N1CCCCCC1CO. The van der Waals surface area contributed by atoms with Crippen molar-refractivity contribution in [1.29, 1.82) is 0 Å². The maximum absolute atomic E-state index is 13.6. The molecule has 3 N–H and O–H groups in total. The number of benzene rings is 1. The number of nitrogens with zero attached hydrogens (tertiary/aromatic N) is 1. The molecule has 4 nitrogen and oxygen atoms in total. The van der Waals surface area contributed by atoms with Crippen LogP contribution in [0.4, 0.5) is 24.5 Å². The predicted octanol–water partition coefficient (Wildman–Crippen LogP) is 2.75. The fraction of sp³-hybridized carbons (Fsp3) is 0.571. The van der Waals surface area contributed by atoms with Crippen molar-refractivity contribution >= 4 is 11.4 Å². The van der Waals surface area contributed by atoms with Gasteiger partial charge in [0, 0.05) is 18.7 Å². The number of ether oxygens (including phenoxy) is 1. The van der Waals surface area contributed by atoms with E-state index in [-0.39, 0.29) is 18.3 Å². The van der Waals surface area contributed by atoms with E-state index in [9.17, 15) is 18.3 Å². The summed E-state index contributed by atoms with van der Waals surface area (Å²) in [6.07, 6.45) is 3.68. The van der Waals surface area contributed by atoms with Gasteiger partial charge >= 0.3 is 6.61 Å². The molecular formula is C14H19F3N2O2. The van der Waals surface area contributed by atoms with Crippen molar-refractivity contribution in [2.75, 3.05) is 23.8 Å². The Morgan fingerprint density at radius 2 is 2.10 bits per heavy atom. The minimum Gasteiger partial charge on any atom is -0.432 e. The van der Waals surface area contributed by atoms with Crippen molar-refractivity contribution in [1.82, 2.24) is 0 Å². The first-order valence-corrected chi connectivity index (χ1v) is 6.94. The molecule has 0 amide bonds. The number of nitrogen functional groups attached to an aromatic ring is 1. The van der Waals surface area contributed by atoms with Crippen LogP contribution in [0.15, 0.2) is 12.1 Å². The van der Waals surface area contributed by atoms with E-state index in [0.29, 0.717) is 12.2 Å². The van der Waals surface area contributed by atoms with Gasteiger partial charge < -0.3 is 20.5 Å². The third kappa shape index (κ3) is 3.72. The number of halogens is 3. The largest absolute Gasteiger partial charge is 0.432 e. The zero-order chi connectivity index (χ0) is 15.4. The lowest BCUT2D eigenvalue weighted by atomic mass is 10.1. The van der Waals surface area contributed by atoms with Gasteiger partial charge in [0.15, 0.2) is 11.6 Å². The summed E-state index contributed by atoms with van der Waals surface area (Å²) in [6.45, 7) is -2.54. The average Bonchev–Trinajstić information content (AvgIpc) is 2.66. The van der Waals surface area contributed by atoms with E-state index in [1.165, 1.54) is 6.07 Å². The molecule has 7 heteroatoms. The molecule has 2 rings (SSSR count). The lowest BCUT2D eigenvalue weighted by Crippen LogP contribution is -2.38. The van der Waals surface area contributed by atoms with Gasteiger partial charge in [0.1, 0.15) is 0 Å². The van der Waals surface area contributed by atoms with Crippen LogP contribution in [-0.2, 0) is 0 Å². The van der Waals surface area contributed by atoms with Gasteiger partial charge in [0.2, 0.25) is 0 Å². The van der Waals surface area contributed by atoms with Crippen LogP contribution in [0.1, 0.15) is 25.7 Å². The summed E-state index contributed by atoms with van der Waals surface area (Å²) < 4.78 is 42.4. The maximum atomic E-state index is 13.6. The molecule has 0 bridgehead atoms. The summed E-state index contributed by atoms with van der Waals surface area (Å²) in [6, 6.07) is 2.01. The van der Waals surface area contributed by atoms with Crippen molar-refractivity contribution in [3.8, 4) is 5.75 Å². The van der Waals surface area contributed by atoms with E-state index in [2.05, 4.69) is 4.74 Å². The Morgan fingerprint density at radius 3 is 2.76 bits per heavy atom. The Labute approximate surface area is 121 Å². The number of hydrogen-bond acceptors (Lipinski definition) is 4. The minimum atomic E-state index is -3.10. The molecule has 1 unspecified atom stereocenters. The molecule has 0 radical (unpaired) electrons. The second kappa shape index (κ2) is 6.89. The molecule has 1 saturated heterocycles. The Kier molecular flexibility index (Phi) is 5.17. The molecule has 1 heterocycles. The Balaban J connectivity index is 2.35. The third-order valence-corrected chi connectivity index (χ3v) is 3.69. The number of hydrogen-bond donors (Lipinski definition) is 2. The first kappa shape index (κ1) is 15.8. The zero-order valence-electron chi connectivity index (χ0n) is 11.6. The van der Waals surface area contributed by atoms with E-state index >= 15 is 0 Å². The van der Waals surface area contributed by atoms with Gasteiger partial charge in [-0.05, 0) is 12.8 Å². The summed E-state index contributed by atoms with van der Waals surface area (Å²) in [5.74, 6) is -1.46. The molecule has 118 valence electrons. The highest BCUT2D eigenvalue weighted by molar-refractivity contribution is 5.70. The topological polar surface area (TPSA) is 58.7 Å². The van der Waals surface area contributed by atoms with E-state index in [1.54, 1.807) is 0 Å². The quantitative estimate of drug-likeness (QED) is 0.840. The first-order chi connectivity index (χ1) is 10.0. The number of alkyl halides is 2. The lowest BCUT2D eigenvalue weighted by molar-refractivity contribution is -0.0521. The summed E-state index contributed by atoms with van der Waals surface area (Å²) >= 11 is 0. The van der Waals surface area contributed by atoms with Gasteiger partial charge in [-0.2, -0.15) is 8.78 Å². The van der Waals surface area contributed by atoms with Crippen molar-refractivity contribution in [2.45, 2.75) is 38.3 Å². The third-order valence-electron chi connectivity index (χ3n) is 3.69. The Morgan fingerprint density at radius 1 is 1.33 bits per heavy atom. The number of rotatable bonds is 4. The summed E-state index contributed by atoms with van der Waals surface area (Å²) in [5, 5.41) is 9.50. The number of aliphatic hydroxyl groups excluding tert-OH is 1. The van der Waals surface area contributed by atoms with E-state index in [4.69, 9.17) is 5.73 Å². The maximum Gasteiger partial charge on any atom is 0.387 e. The highest BCUT2D eigenvalue weighted by atomic mass is 19.3. The Bertz CT molecular complexity index is 486. The molecule has 0 saturated carbocycles. The smallest absolute Gasteiger partial charge is 0.387 e. The Hall–Kier alpha value is -1.63. The number of aliphatic hydroxyl groups is 1. The van der Waals surface area contributed by atoms with Gasteiger partial charge in [-0.1, -0.05) is 12.8 Å². The van der Waals surface area contributed by atoms with Crippen LogP contribution in [-0.4, -0.2) is 30.9 Å². The average molecular weight is 304 g/mol. The second-order valence-corrected chi connectivity index (χ2v) is 5.10. The van der Waals surface area contributed by atoms with E-state index in [1.807, 2.05) is 4.90 Å². The molecule has 1 atom stereocenters. The monoisotopic (exact) mass is 304 g/mol. The van der Waals surface area contributed by atoms with Crippen LogP contribution in [0.3, 0.4) is 0 Å². The van der Waals surface area contributed by atoms with Crippen LogP contribution in [0, 0.1) is 5.82 Å². The molecule has 1 aromatic rings. The molecule has 21 heavy (non-hydrogen) atoms. The van der Waals surface area contributed by atoms with E-state index < -0.39 is 18.2 Å². The molecule has 0 aliphatic carbocycles. The van der Waals surface area contributed by atoms with Gasteiger partial charge in [-0.3, -0.25) is 0 Å². The summed E-state index contributed by atoms with van der Waals surface area (Å²) in [4.78, 5) is 1.85. The predicted molar refractivity (Wildman–Crippen MR) is 74.1 cm³/mol. The normalized spacial score (nSPS) is 19.7. The molecule has 0 aromatic heterocycles. The highest BCUT2D eigenvalue weighted by Gasteiger charge is 2.24. The van der Waals surface area contributed by atoms with Crippen LogP contribution in [0.2, 0.25) is 0 Å². The standard InChI is InChI=1S/C14H19F3N2O2/c15-10-6-11(18)12(7-13(10)21-14(16)17)19-5-3-1-2-4-9(19)8-20/h6-7,9,14,20H,1-5,8,18H2. The van der Waals surface area contributed by atoms with Gasteiger partial charge in [0.05, 0.1) is 24.0 Å². The van der Waals surface area contributed by atoms with Crippen LogP contribution in [0.25, 0.3) is 0 Å². The van der Waals surface area contributed by atoms with Crippen LogP contribution < -0.4 is 15.4 Å². The fourth-order valence-electron chi connectivity index (χ4n) is 2.68. The van der Waals surface area contributed by atoms with Crippen molar-refractivity contribution < 1.29 is 23.0 Å². The van der Waals surface area contributed by atoms with Crippen molar-refractivity contribution in [2.24, 2.45) is 0 Å². The van der Waals surface area contributed by atoms with Gasteiger partial charge in [-0.15, -0.1) is 0 Å². The molecule has 1 aliphatic rings. The minimum absolute atomic E-state index is 0.0676. The highest BCUT2D eigenvalue weighted by Crippen LogP contribution is 2.34. The van der Waals surface area contributed by atoms with Crippen LogP contribution >= 0.6 is 0 Å². The van der Waals surface area contributed by atoms with Gasteiger partial charge in [-0.25, -0.2) is 4.39 Å². The van der Waals surface area contributed by atoms with Crippen molar-refractivity contribution in [3.05, 3.63) is 17.9 Å². The van der Waals surface area contributed by atoms with Crippen LogP contribution in [0.5, 0.6) is 5.75 Å². The fourth-order valence-corrected chi connectivity index (χ4v) is 2.68. The molecule has 1 aliphatic heterocycles. The number of anilines is 2. The first-order valence-electron chi connectivity index (χ1n) is 6.94.